The van der Waals surface area contributed by atoms with E-state index in [0.717, 1.165) is 37.8 Å². The van der Waals surface area contributed by atoms with Gasteiger partial charge in [0, 0.05) is 12.7 Å². The van der Waals surface area contributed by atoms with Crippen LogP contribution in [0.2, 0.25) is 0 Å². The Labute approximate surface area is 98.7 Å². The maximum Gasteiger partial charge on any atom is 0.0541 e. The summed E-state index contributed by atoms with van der Waals surface area (Å²) >= 11 is 0. The van der Waals surface area contributed by atoms with Gasteiger partial charge >= 0.3 is 0 Å². The predicted octanol–water partition coefficient (Wildman–Crippen LogP) is 1.81. The van der Waals surface area contributed by atoms with E-state index in [2.05, 4.69) is 29.5 Å². The fourth-order valence-electron chi connectivity index (χ4n) is 1.45. The fraction of sp³-hybridized carbons (Fsp3) is 0.615. The van der Waals surface area contributed by atoms with Crippen LogP contribution in [0.25, 0.3) is 0 Å². The summed E-state index contributed by atoms with van der Waals surface area (Å²) < 4.78 is 0. The first-order valence-corrected chi connectivity index (χ1v) is 6.10. The van der Waals surface area contributed by atoms with Crippen LogP contribution in [-0.2, 0) is 6.54 Å². The third kappa shape index (κ3) is 6.53. The minimum atomic E-state index is 0.737. The second-order valence-electron chi connectivity index (χ2n) is 4.45. The van der Waals surface area contributed by atoms with Gasteiger partial charge in [-0.25, -0.2) is 0 Å². The maximum absolute atomic E-state index is 4.26. The molecule has 2 N–H and O–H groups in total. The standard InChI is InChI=1S/C13H23N3/c1-12(2)10-14-7-5-8-15-11-13-6-3-4-9-16-13/h3-4,6,9,12,14-15H,5,7-8,10-11H2,1-2H3. The van der Waals surface area contributed by atoms with Crippen molar-refractivity contribution in [2.45, 2.75) is 26.8 Å². The average molecular weight is 221 g/mol. The Kier molecular flexibility index (Phi) is 6.77. The lowest BCUT2D eigenvalue weighted by Gasteiger charge is -2.07. The Morgan fingerprint density at radius 1 is 1.19 bits per heavy atom. The Bertz CT molecular complexity index is 259. The second-order valence-corrected chi connectivity index (χ2v) is 4.45. The van der Waals surface area contributed by atoms with Crippen molar-refractivity contribution >= 4 is 0 Å². The Morgan fingerprint density at radius 2 is 2.00 bits per heavy atom. The molecule has 0 saturated heterocycles. The number of hydrogen-bond acceptors (Lipinski definition) is 3. The zero-order valence-corrected chi connectivity index (χ0v) is 10.4. The molecule has 0 saturated carbocycles. The van der Waals surface area contributed by atoms with Crippen molar-refractivity contribution in [3.05, 3.63) is 30.1 Å². The van der Waals surface area contributed by atoms with Crippen molar-refractivity contribution in [3.8, 4) is 0 Å². The summed E-state index contributed by atoms with van der Waals surface area (Å²) in [6, 6.07) is 6.01. The first-order chi connectivity index (χ1) is 7.79. The van der Waals surface area contributed by atoms with Gasteiger partial charge in [0.2, 0.25) is 0 Å². The molecule has 0 radical (unpaired) electrons. The normalized spacial score (nSPS) is 10.9. The Balaban J connectivity index is 1.93. The fourth-order valence-corrected chi connectivity index (χ4v) is 1.45. The van der Waals surface area contributed by atoms with Crippen molar-refractivity contribution in [2.75, 3.05) is 19.6 Å². The van der Waals surface area contributed by atoms with E-state index < -0.39 is 0 Å². The Hall–Kier alpha value is -0.930. The first kappa shape index (κ1) is 13.1. The summed E-state index contributed by atoms with van der Waals surface area (Å²) in [5, 5.41) is 6.82. The first-order valence-electron chi connectivity index (χ1n) is 6.10. The third-order valence-electron chi connectivity index (χ3n) is 2.29. The van der Waals surface area contributed by atoms with Crippen molar-refractivity contribution in [1.29, 1.82) is 0 Å². The second kappa shape index (κ2) is 8.25. The lowest BCUT2D eigenvalue weighted by atomic mass is 10.2. The molecule has 0 aliphatic carbocycles. The molecule has 0 amide bonds. The van der Waals surface area contributed by atoms with Gasteiger partial charge in [-0.2, -0.15) is 0 Å². The van der Waals surface area contributed by atoms with Crippen LogP contribution in [0.5, 0.6) is 0 Å². The quantitative estimate of drug-likeness (QED) is 0.657. The molecule has 1 aromatic heterocycles. The van der Waals surface area contributed by atoms with Gasteiger partial charge < -0.3 is 10.6 Å². The van der Waals surface area contributed by atoms with Crippen molar-refractivity contribution in [2.24, 2.45) is 5.92 Å². The van der Waals surface area contributed by atoms with Crippen molar-refractivity contribution < 1.29 is 0 Å². The smallest absolute Gasteiger partial charge is 0.0541 e. The number of aromatic nitrogens is 1. The molecule has 0 fully saturated rings. The van der Waals surface area contributed by atoms with E-state index in [-0.39, 0.29) is 0 Å². The maximum atomic E-state index is 4.26. The number of rotatable bonds is 8. The average Bonchev–Trinajstić information content (AvgIpc) is 2.29. The van der Waals surface area contributed by atoms with Gasteiger partial charge in [-0.1, -0.05) is 19.9 Å². The van der Waals surface area contributed by atoms with E-state index in [9.17, 15) is 0 Å². The van der Waals surface area contributed by atoms with Gasteiger partial charge in [-0.05, 0) is 44.1 Å². The summed E-state index contributed by atoms with van der Waals surface area (Å²) in [5.41, 5.74) is 1.11. The Morgan fingerprint density at radius 3 is 2.69 bits per heavy atom. The lowest BCUT2D eigenvalue weighted by Crippen LogP contribution is -2.24. The van der Waals surface area contributed by atoms with Crippen LogP contribution in [-0.4, -0.2) is 24.6 Å². The van der Waals surface area contributed by atoms with Crippen LogP contribution >= 0.6 is 0 Å². The summed E-state index contributed by atoms with van der Waals surface area (Å²) in [6.07, 6.45) is 3.00. The molecule has 0 aliphatic heterocycles. The predicted molar refractivity (Wildman–Crippen MR) is 68.3 cm³/mol. The van der Waals surface area contributed by atoms with Gasteiger partial charge in [0.05, 0.1) is 5.69 Å². The number of hydrogen-bond donors (Lipinski definition) is 2. The van der Waals surface area contributed by atoms with E-state index in [1.807, 2.05) is 24.4 Å². The van der Waals surface area contributed by atoms with Gasteiger partial charge in [0.1, 0.15) is 0 Å². The molecule has 0 aliphatic rings. The molecule has 16 heavy (non-hydrogen) atoms. The number of nitrogens with zero attached hydrogens (tertiary/aromatic N) is 1. The molecule has 90 valence electrons. The molecule has 3 heteroatoms. The topological polar surface area (TPSA) is 37.0 Å². The molecule has 0 aromatic carbocycles. The van der Waals surface area contributed by atoms with E-state index in [1.165, 1.54) is 6.42 Å². The highest BCUT2D eigenvalue weighted by Gasteiger charge is 1.94. The van der Waals surface area contributed by atoms with Crippen LogP contribution in [0.1, 0.15) is 26.0 Å². The third-order valence-corrected chi connectivity index (χ3v) is 2.29. The van der Waals surface area contributed by atoms with Gasteiger partial charge in [0.15, 0.2) is 0 Å². The van der Waals surface area contributed by atoms with Crippen LogP contribution in [0, 0.1) is 5.92 Å². The molecule has 0 atom stereocenters. The van der Waals surface area contributed by atoms with Gasteiger partial charge in [0.25, 0.3) is 0 Å². The summed E-state index contributed by atoms with van der Waals surface area (Å²) in [6.45, 7) is 8.57. The molecular formula is C13H23N3. The van der Waals surface area contributed by atoms with Crippen molar-refractivity contribution in [1.82, 2.24) is 15.6 Å². The molecular weight excluding hydrogens is 198 g/mol. The summed E-state index contributed by atoms with van der Waals surface area (Å²) in [4.78, 5) is 4.26. The summed E-state index contributed by atoms with van der Waals surface area (Å²) in [5.74, 6) is 0.737. The summed E-state index contributed by atoms with van der Waals surface area (Å²) in [7, 11) is 0. The van der Waals surface area contributed by atoms with E-state index >= 15 is 0 Å². The zero-order valence-electron chi connectivity index (χ0n) is 10.4. The highest BCUT2D eigenvalue weighted by atomic mass is 14.9. The van der Waals surface area contributed by atoms with Gasteiger partial charge in [-0.15, -0.1) is 0 Å². The molecule has 0 bridgehead atoms. The van der Waals surface area contributed by atoms with Crippen LogP contribution in [0.3, 0.4) is 0 Å². The van der Waals surface area contributed by atoms with E-state index in [0.29, 0.717) is 0 Å². The van der Waals surface area contributed by atoms with E-state index in [4.69, 9.17) is 0 Å². The molecule has 1 rings (SSSR count). The number of nitrogens with one attached hydrogen (secondary N) is 2. The highest BCUT2D eigenvalue weighted by molar-refractivity contribution is 5.02. The largest absolute Gasteiger partial charge is 0.316 e. The molecule has 0 spiro atoms. The van der Waals surface area contributed by atoms with Crippen LogP contribution in [0.15, 0.2) is 24.4 Å². The molecule has 1 aromatic rings. The minimum Gasteiger partial charge on any atom is -0.316 e. The van der Waals surface area contributed by atoms with Crippen LogP contribution < -0.4 is 10.6 Å². The molecule has 1 heterocycles. The van der Waals surface area contributed by atoms with Crippen molar-refractivity contribution in [3.63, 3.8) is 0 Å². The SMILES string of the molecule is CC(C)CNCCCNCc1ccccn1. The lowest BCUT2D eigenvalue weighted by molar-refractivity contribution is 0.529. The van der Waals surface area contributed by atoms with Gasteiger partial charge in [-0.3, -0.25) is 4.98 Å². The van der Waals surface area contributed by atoms with E-state index in [1.54, 1.807) is 0 Å². The minimum absolute atomic E-state index is 0.737. The molecule has 3 nitrogen and oxygen atoms in total. The molecule has 0 unspecified atom stereocenters. The monoisotopic (exact) mass is 221 g/mol. The number of pyridine rings is 1. The van der Waals surface area contributed by atoms with Crippen LogP contribution in [0.4, 0.5) is 0 Å². The zero-order chi connectivity index (χ0) is 11.6. The highest BCUT2D eigenvalue weighted by Crippen LogP contribution is 1.92.